The summed E-state index contributed by atoms with van der Waals surface area (Å²) < 4.78 is 24.7. The molecule has 0 radical (unpaired) electrons. The average Bonchev–Trinajstić information content (AvgIpc) is 3.27. The number of nitrogens with zero attached hydrogens (tertiary/aromatic N) is 3. The third kappa shape index (κ3) is 5.74. The number of hydrogen-bond donors (Lipinski definition) is 1. The summed E-state index contributed by atoms with van der Waals surface area (Å²) in [7, 11) is 1.67. The molecule has 1 fully saturated rings. The minimum absolute atomic E-state index is 0.287. The first kappa shape index (κ1) is 24.2. The summed E-state index contributed by atoms with van der Waals surface area (Å²) in [6, 6.07) is 16.6. The van der Waals surface area contributed by atoms with E-state index in [9.17, 15) is 4.39 Å². The molecule has 2 aromatic carbocycles. The maximum atomic E-state index is 13.4. The molecular formula is C26H31FN4O2S. The molecule has 0 spiro atoms. The van der Waals surface area contributed by atoms with Crippen LogP contribution >= 0.6 is 12.2 Å². The molecule has 1 saturated heterocycles. The number of hydrogen-bond acceptors (Lipinski definition) is 5. The van der Waals surface area contributed by atoms with E-state index < -0.39 is 0 Å². The van der Waals surface area contributed by atoms with Crippen LogP contribution in [0.25, 0.3) is 11.3 Å². The van der Waals surface area contributed by atoms with Gasteiger partial charge < -0.3 is 24.4 Å². The number of thiocarbonyl (C=S) groups is 1. The van der Waals surface area contributed by atoms with Gasteiger partial charge in [-0.1, -0.05) is 35.5 Å². The highest BCUT2D eigenvalue weighted by Crippen LogP contribution is 2.35. The van der Waals surface area contributed by atoms with E-state index in [1.54, 1.807) is 19.2 Å². The molecule has 0 bridgehead atoms. The third-order valence-electron chi connectivity index (χ3n) is 6.18. The van der Waals surface area contributed by atoms with Crippen LogP contribution in [0.5, 0.6) is 0 Å². The number of methoxy groups -OCH3 is 1. The van der Waals surface area contributed by atoms with E-state index in [-0.39, 0.29) is 5.82 Å². The fourth-order valence-electron chi connectivity index (χ4n) is 4.27. The number of benzene rings is 2. The first-order chi connectivity index (χ1) is 16.6. The fraction of sp³-hybridized carbons (Fsp3) is 0.385. The normalized spacial score (nSPS) is 15.9. The van der Waals surface area contributed by atoms with Crippen LogP contribution in [0.2, 0.25) is 0 Å². The lowest BCUT2D eigenvalue weighted by Crippen LogP contribution is -2.39. The predicted molar refractivity (Wildman–Crippen MR) is 138 cm³/mol. The smallest absolute Gasteiger partial charge is 0.233 e. The van der Waals surface area contributed by atoms with Crippen LogP contribution in [0.4, 0.5) is 16.0 Å². The van der Waals surface area contributed by atoms with E-state index in [0.29, 0.717) is 30.9 Å². The van der Waals surface area contributed by atoms with Gasteiger partial charge in [0.1, 0.15) is 11.5 Å². The number of aromatic nitrogens is 1. The summed E-state index contributed by atoms with van der Waals surface area (Å²) in [5.74, 6) is 0.517. The number of nitrogens with one attached hydrogen (secondary N) is 1. The van der Waals surface area contributed by atoms with Crippen LogP contribution in [0.15, 0.2) is 59.1 Å². The van der Waals surface area contributed by atoms with Crippen molar-refractivity contribution in [2.24, 2.45) is 0 Å². The van der Waals surface area contributed by atoms with Crippen molar-refractivity contribution >= 4 is 28.9 Å². The van der Waals surface area contributed by atoms with E-state index in [1.165, 1.54) is 18.6 Å². The monoisotopic (exact) mass is 482 g/mol. The Bertz CT molecular complexity index is 1070. The van der Waals surface area contributed by atoms with Gasteiger partial charge in [-0.3, -0.25) is 0 Å². The van der Waals surface area contributed by atoms with E-state index in [2.05, 4.69) is 22.3 Å². The molecule has 4 rings (SSSR count). The van der Waals surface area contributed by atoms with Crippen molar-refractivity contribution in [2.45, 2.75) is 38.8 Å². The van der Waals surface area contributed by atoms with Gasteiger partial charge in [-0.25, -0.2) is 4.39 Å². The van der Waals surface area contributed by atoms with Crippen LogP contribution in [0.1, 0.15) is 31.7 Å². The Labute approximate surface area is 205 Å². The van der Waals surface area contributed by atoms with Crippen molar-refractivity contribution in [3.05, 3.63) is 66.0 Å². The summed E-state index contributed by atoms with van der Waals surface area (Å²) >= 11 is 5.76. The molecule has 1 aromatic heterocycles. The zero-order valence-corrected chi connectivity index (χ0v) is 20.5. The maximum Gasteiger partial charge on any atom is 0.233 e. The minimum atomic E-state index is -0.287. The predicted octanol–water partition coefficient (Wildman–Crippen LogP) is 5.70. The van der Waals surface area contributed by atoms with Crippen molar-refractivity contribution in [3.63, 3.8) is 0 Å². The van der Waals surface area contributed by atoms with Crippen molar-refractivity contribution in [1.82, 2.24) is 10.1 Å². The zero-order valence-electron chi connectivity index (χ0n) is 19.7. The average molecular weight is 483 g/mol. The molecule has 2 heterocycles. The summed E-state index contributed by atoms with van der Waals surface area (Å²) in [6.45, 7) is 4.76. The van der Waals surface area contributed by atoms with Gasteiger partial charge in [0.05, 0.1) is 18.7 Å². The topological polar surface area (TPSA) is 53.8 Å². The molecular weight excluding hydrogens is 451 g/mol. The van der Waals surface area contributed by atoms with Gasteiger partial charge in [-0.15, -0.1) is 0 Å². The maximum absolute atomic E-state index is 13.4. The van der Waals surface area contributed by atoms with E-state index in [0.717, 1.165) is 47.8 Å². The van der Waals surface area contributed by atoms with Crippen LogP contribution in [-0.2, 0) is 11.3 Å². The molecule has 34 heavy (non-hydrogen) atoms. The van der Waals surface area contributed by atoms with E-state index >= 15 is 0 Å². The molecule has 1 N–H and O–H groups in total. The molecule has 1 aliphatic heterocycles. The fourth-order valence-corrected chi connectivity index (χ4v) is 4.55. The van der Waals surface area contributed by atoms with Crippen LogP contribution in [0, 0.1) is 5.82 Å². The third-order valence-corrected chi connectivity index (χ3v) is 6.54. The summed E-state index contributed by atoms with van der Waals surface area (Å²) in [6.07, 6.45) is 3.47. The van der Waals surface area contributed by atoms with Crippen LogP contribution in [0.3, 0.4) is 0 Å². The molecule has 0 saturated carbocycles. The highest BCUT2D eigenvalue weighted by Gasteiger charge is 2.29. The Hall–Kier alpha value is -2.97. The number of piperidine rings is 1. The van der Waals surface area contributed by atoms with E-state index in [1.807, 2.05) is 35.2 Å². The molecule has 0 amide bonds. The molecule has 3 aromatic rings. The SMILES string of the molecule is COCCN(Cc1c(-c2ccccc2)noc1N1CCCCC1C)C(=S)Nc1ccc(F)cc1. The summed E-state index contributed by atoms with van der Waals surface area (Å²) in [5, 5.41) is 8.26. The van der Waals surface area contributed by atoms with Crippen molar-refractivity contribution < 1.29 is 13.7 Å². The molecule has 1 aliphatic rings. The second-order valence-electron chi connectivity index (χ2n) is 8.57. The molecule has 1 atom stereocenters. The molecule has 0 aliphatic carbocycles. The Morgan fingerprint density at radius 3 is 2.68 bits per heavy atom. The minimum Gasteiger partial charge on any atom is -0.383 e. The largest absolute Gasteiger partial charge is 0.383 e. The van der Waals surface area contributed by atoms with Crippen molar-refractivity contribution in [1.29, 1.82) is 0 Å². The second kappa shape index (κ2) is 11.4. The first-order valence-corrected chi connectivity index (χ1v) is 12.1. The Morgan fingerprint density at radius 1 is 1.21 bits per heavy atom. The first-order valence-electron chi connectivity index (χ1n) is 11.7. The number of anilines is 2. The zero-order chi connectivity index (χ0) is 23.9. The number of halogens is 1. The van der Waals surface area contributed by atoms with Crippen LogP contribution in [-0.4, -0.2) is 48.0 Å². The van der Waals surface area contributed by atoms with Crippen LogP contribution < -0.4 is 10.2 Å². The Morgan fingerprint density at radius 2 is 1.97 bits per heavy atom. The van der Waals surface area contributed by atoms with Crippen molar-refractivity contribution in [3.8, 4) is 11.3 Å². The molecule has 6 nitrogen and oxygen atoms in total. The number of rotatable bonds is 8. The standard InChI is InChI=1S/C26H31FN4O2S/c1-19-8-6-7-15-31(19)25-23(24(29-33-25)20-9-4-3-5-10-20)18-30(16-17-32-2)26(34)28-22-13-11-21(27)12-14-22/h3-5,9-14,19H,6-8,15-18H2,1-2H3,(H,28,34). The summed E-state index contributed by atoms with van der Waals surface area (Å²) in [5.41, 5.74) is 3.55. The quantitative estimate of drug-likeness (QED) is 0.413. The van der Waals surface area contributed by atoms with Gasteiger partial charge in [0, 0.05) is 37.5 Å². The van der Waals surface area contributed by atoms with Gasteiger partial charge in [-0.05, 0) is 62.7 Å². The molecule has 1 unspecified atom stereocenters. The Balaban J connectivity index is 1.66. The Kier molecular flexibility index (Phi) is 8.13. The highest BCUT2D eigenvalue weighted by molar-refractivity contribution is 7.80. The van der Waals surface area contributed by atoms with Gasteiger partial charge >= 0.3 is 0 Å². The van der Waals surface area contributed by atoms with E-state index in [4.69, 9.17) is 21.5 Å². The summed E-state index contributed by atoms with van der Waals surface area (Å²) in [4.78, 5) is 4.36. The highest BCUT2D eigenvalue weighted by atomic mass is 32.1. The van der Waals surface area contributed by atoms with Gasteiger partial charge in [0.15, 0.2) is 5.11 Å². The number of ether oxygens (including phenoxy) is 1. The lowest BCUT2D eigenvalue weighted by Gasteiger charge is -2.34. The van der Waals surface area contributed by atoms with Crippen molar-refractivity contribution in [2.75, 3.05) is 37.0 Å². The molecule has 8 heteroatoms. The molecule has 180 valence electrons. The lowest BCUT2D eigenvalue weighted by molar-refractivity contribution is 0.175. The van der Waals surface area contributed by atoms with Gasteiger partial charge in [0.2, 0.25) is 5.88 Å². The van der Waals surface area contributed by atoms with Gasteiger partial charge in [0.25, 0.3) is 0 Å². The lowest BCUT2D eigenvalue weighted by atomic mass is 10.0. The second-order valence-corrected chi connectivity index (χ2v) is 8.96. The van der Waals surface area contributed by atoms with Gasteiger partial charge in [-0.2, -0.15) is 0 Å².